The van der Waals surface area contributed by atoms with Gasteiger partial charge in [0.15, 0.2) is 0 Å². The Kier molecular flexibility index (Phi) is 2.24. The number of benzene rings is 1. The summed E-state index contributed by atoms with van der Waals surface area (Å²) in [6.45, 7) is -6.77. The van der Waals surface area contributed by atoms with Crippen molar-refractivity contribution >= 4 is 0 Å². The molecule has 1 N–H and O–H groups in total. The molecule has 0 aromatic heterocycles. The van der Waals surface area contributed by atoms with Gasteiger partial charge in [-0.15, -0.1) is 0 Å². The van der Waals surface area contributed by atoms with Crippen LogP contribution in [0, 0.1) is 0 Å². The van der Waals surface area contributed by atoms with Gasteiger partial charge in [0.2, 0.25) is 0 Å². The number of hydrogen-bond donors (Lipinski definition) is 1. The summed E-state index contributed by atoms with van der Waals surface area (Å²) in [5.74, 6) is -1.96. The monoisotopic (exact) mass is 287 g/mol. The third-order valence-corrected chi connectivity index (χ3v) is 3.88. The van der Waals surface area contributed by atoms with E-state index in [0.717, 1.165) is 6.42 Å². The molecule has 0 heterocycles. The van der Waals surface area contributed by atoms with Crippen LogP contribution >= 0.6 is 0 Å². The van der Waals surface area contributed by atoms with Gasteiger partial charge < -0.3 is 14.7 Å². The minimum atomic E-state index is -3.01. The number of hydrogen-bond acceptors (Lipinski definition) is 3. The fraction of sp³-hybridized carbons (Fsp3) is 0.647. The molecule has 1 aliphatic rings. The largest absolute Gasteiger partial charge is 0.497 e. The molecule has 112 valence electrons. The second-order valence-corrected chi connectivity index (χ2v) is 5.28. The number of methoxy groups -OCH3 is 1. The van der Waals surface area contributed by atoms with E-state index in [1.54, 1.807) is 0 Å². The van der Waals surface area contributed by atoms with E-state index in [1.807, 2.05) is 0 Å². The third kappa shape index (κ3) is 3.53. The lowest BCUT2D eigenvalue weighted by Crippen LogP contribution is -2.42. The maximum absolute atomic E-state index is 11.4. The molecule has 0 amide bonds. The van der Waals surface area contributed by atoms with Crippen LogP contribution in [-0.4, -0.2) is 43.1 Å². The van der Waals surface area contributed by atoms with Crippen molar-refractivity contribution in [2.24, 2.45) is 0 Å². The summed E-state index contributed by atoms with van der Waals surface area (Å²) in [5.41, 5.74) is -1.46. The third-order valence-electron chi connectivity index (χ3n) is 3.88. The molecule has 3 heteroatoms. The van der Waals surface area contributed by atoms with E-state index in [-0.39, 0.29) is 29.1 Å². The zero-order chi connectivity index (χ0) is 23.0. The summed E-state index contributed by atoms with van der Waals surface area (Å²) >= 11 is 0. The molecule has 3 nitrogen and oxygen atoms in total. The molecule has 0 saturated heterocycles. The summed E-state index contributed by atoms with van der Waals surface area (Å²) in [6, 6.07) is 5.37. The highest BCUT2D eigenvalue weighted by Gasteiger charge is 2.38. The molecule has 20 heavy (non-hydrogen) atoms. The molecule has 0 radical (unpaired) electrons. The molecule has 1 atom stereocenters. The van der Waals surface area contributed by atoms with Crippen LogP contribution in [0.2, 0.25) is 0 Å². The van der Waals surface area contributed by atoms with E-state index in [4.69, 9.17) is 18.4 Å². The molecule has 0 spiro atoms. The first-order valence-electron chi connectivity index (χ1n) is 11.8. The van der Waals surface area contributed by atoms with Crippen LogP contribution in [0.25, 0.3) is 0 Å². The number of likely N-dealkylation sites (N-methyl/N-ethyl adjacent to an activating group) is 1. The van der Waals surface area contributed by atoms with E-state index < -0.39 is 39.0 Å². The lowest BCUT2D eigenvalue weighted by molar-refractivity contribution is -0.0277. The molecule has 1 aliphatic carbocycles. The van der Waals surface area contributed by atoms with Crippen LogP contribution in [0.1, 0.15) is 57.3 Å². The van der Waals surface area contributed by atoms with Gasteiger partial charge in [0.05, 0.1) is 16.8 Å². The molecular weight excluding hydrogens is 250 g/mol. The van der Waals surface area contributed by atoms with Gasteiger partial charge >= 0.3 is 0 Å². The van der Waals surface area contributed by atoms with E-state index in [0.29, 0.717) is 12.8 Å². The van der Waals surface area contributed by atoms with Crippen LogP contribution in [0.3, 0.4) is 0 Å². The summed E-state index contributed by atoms with van der Waals surface area (Å²) in [5, 5.41) is 11.4. The molecule has 2 rings (SSSR count). The lowest BCUT2D eigenvalue weighted by atomic mass is 9.72. The maximum Gasteiger partial charge on any atom is 0.118 e. The highest BCUT2D eigenvalue weighted by Crippen LogP contribution is 2.40. The van der Waals surface area contributed by atoms with Crippen LogP contribution < -0.4 is 4.74 Å². The summed E-state index contributed by atoms with van der Waals surface area (Å²) in [4.78, 5) is 0.284. The van der Waals surface area contributed by atoms with Gasteiger partial charge in [-0.05, 0) is 44.5 Å². The van der Waals surface area contributed by atoms with Gasteiger partial charge in [0, 0.05) is 22.0 Å². The SMILES string of the molecule is [2H]C([2H])([2H])Oc1ccc([C@@]([2H])(CN(C([2H])([2H])[2H])C([2H])([2H])[2H])C2(O)CCCCC2)cc1. The Morgan fingerprint density at radius 1 is 1.30 bits per heavy atom. The Labute approximate surface area is 136 Å². The first kappa shape index (κ1) is 6.80. The summed E-state index contributed by atoms with van der Waals surface area (Å²) < 4.78 is 81.4. The molecule has 1 fully saturated rings. The standard InChI is InChI=1S/C17H27NO2/c1-18(2)13-16(17(19)11-5-4-6-12-17)14-7-9-15(20-3)10-8-14/h7-10,16,19H,4-6,11-13H2,1-3H3/t16-/m1/s1/i1D3,2D3,3D3,16D. The lowest BCUT2D eigenvalue weighted by Gasteiger charge is -2.40. The van der Waals surface area contributed by atoms with Crippen molar-refractivity contribution in [1.29, 1.82) is 0 Å². The normalized spacial score (nSPS) is 30.7. The van der Waals surface area contributed by atoms with Gasteiger partial charge in [0.25, 0.3) is 0 Å². The van der Waals surface area contributed by atoms with E-state index in [2.05, 4.69) is 0 Å². The van der Waals surface area contributed by atoms with Gasteiger partial charge in [-0.2, -0.15) is 0 Å². The first-order chi connectivity index (χ1) is 13.5. The molecule has 0 unspecified atom stereocenters. The van der Waals surface area contributed by atoms with Crippen molar-refractivity contribution in [3.05, 3.63) is 29.8 Å². The number of aliphatic hydroxyl groups is 1. The van der Waals surface area contributed by atoms with Crippen molar-refractivity contribution in [1.82, 2.24) is 4.90 Å². The fourth-order valence-electron chi connectivity index (χ4n) is 2.83. The van der Waals surface area contributed by atoms with E-state index >= 15 is 0 Å². The number of rotatable bonds is 5. The van der Waals surface area contributed by atoms with Crippen LogP contribution in [-0.2, 0) is 0 Å². The predicted octanol–water partition coefficient (Wildman–Crippen LogP) is 3.04. The van der Waals surface area contributed by atoms with Crippen molar-refractivity contribution in [2.75, 3.05) is 27.5 Å². The molecular formula is C17H27NO2. The van der Waals surface area contributed by atoms with Gasteiger partial charge in [0.1, 0.15) is 5.75 Å². The average Bonchev–Trinajstić information content (AvgIpc) is 2.57. The zero-order valence-corrected chi connectivity index (χ0v) is 11.4. The van der Waals surface area contributed by atoms with Gasteiger partial charge in [-0.3, -0.25) is 0 Å². The quantitative estimate of drug-likeness (QED) is 0.903. The molecule has 1 saturated carbocycles. The van der Waals surface area contributed by atoms with Crippen LogP contribution in [0.15, 0.2) is 24.3 Å². The highest BCUT2D eigenvalue weighted by molar-refractivity contribution is 5.31. The predicted molar refractivity (Wildman–Crippen MR) is 82.3 cm³/mol. The van der Waals surface area contributed by atoms with E-state index in [1.165, 1.54) is 24.3 Å². The maximum atomic E-state index is 11.4. The topological polar surface area (TPSA) is 32.7 Å². The Balaban J connectivity index is 2.52. The Morgan fingerprint density at radius 3 is 2.60 bits per heavy atom. The Hall–Kier alpha value is -1.06. The van der Waals surface area contributed by atoms with Crippen molar-refractivity contribution < 1.29 is 23.6 Å². The molecule has 1 aromatic carbocycles. The van der Waals surface area contributed by atoms with Crippen LogP contribution in [0.5, 0.6) is 5.75 Å². The molecule has 0 aliphatic heterocycles. The summed E-state index contributed by atoms with van der Waals surface area (Å²) in [6.07, 6.45) is 2.55. The minimum Gasteiger partial charge on any atom is -0.497 e. The van der Waals surface area contributed by atoms with Gasteiger partial charge in [-0.25, -0.2) is 0 Å². The van der Waals surface area contributed by atoms with Crippen LogP contribution in [0.4, 0.5) is 0 Å². The fourth-order valence-corrected chi connectivity index (χ4v) is 2.83. The first-order valence-corrected chi connectivity index (χ1v) is 6.78. The molecule has 0 bridgehead atoms. The average molecular weight is 287 g/mol. The zero-order valence-electron chi connectivity index (χ0n) is 21.4. The second kappa shape index (κ2) is 6.59. The highest BCUT2D eigenvalue weighted by atomic mass is 16.5. The van der Waals surface area contributed by atoms with Crippen molar-refractivity contribution in [3.63, 3.8) is 0 Å². The second-order valence-electron chi connectivity index (χ2n) is 5.28. The Morgan fingerprint density at radius 2 is 2.00 bits per heavy atom. The molecule has 1 aromatic rings. The Bertz CT molecular complexity index is 693. The number of ether oxygens (including phenoxy) is 1. The number of nitrogens with zero attached hydrogens (tertiary/aromatic N) is 1. The van der Waals surface area contributed by atoms with Crippen molar-refractivity contribution in [2.45, 2.75) is 43.6 Å². The van der Waals surface area contributed by atoms with E-state index in [9.17, 15) is 5.11 Å². The van der Waals surface area contributed by atoms with Gasteiger partial charge in [-0.1, -0.05) is 31.4 Å². The smallest absolute Gasteiger partial charge is 0.118 e. The minimum absolute atomic E-state index is 0.0141. The van der Waals surface area contributed by atoms with Crippen molar-refractivity contribution in [3.8, 4) is 5.75 Å². The summed E-state index contributed by atoms with van der Waals surface area (Å²) in [7, 11) is -2.67.